The lowest BCUT2D eigenvalue weighted by Crippen LogP contribution is -2.30. The number of rotatable bonds is 41. The second kappa shape index (κ2) is 49.9. The Balaban J connectivity index is 4.54. The zero-order valence-electron chi connectivity index (χ0n) is 39.8. The molecule has 0 fully saturated rings. The van der Waals surface area contributed by atoms with Crippen molar-refractivity contribution >= 4 is 17.9 Å². The Labute approximate surface area is 385 Å². The summed E-state index contributed by atoms with van der Waals surface area (Å²) in [6.45, 7) is 6.13. The third-order valence-electron chi connectivity index (χ3n) is 9.45. The van der Waals surface area contributed by atoms with Crippen molar-refractivity contribution in [1.29, 1.82) is 0 Å². The van der Waals surface area contributed by atoms with E-state index in [0.717, 1.165) is 109 Å². The van der Waals surface area contributed by atoms with Gasteiger partial charge >= 0.3 is 17.9 Å². The van der Waals surface area contributed by atoms with Crippen LogP contribution in [0.3, 0.4) is 0 Å². The molecule has 0 saturated carbocycles. The molecule has 0 saturated heterocycles. The Morgan fingerprint density at radius 1 is 0.333 bits per heavy atom. The highest BCUT2D eigenvalue weighted by molar-refractivity contribution is 5.71. The summed E-state index contributed by atoms with van der Waals surface area (Å²) >= 11 is 0. The zero-order chi connectivity index (χ0) is 45.8. The number of hydrogen-bond donors (Lipinski definition) is 0. The van der Waals surface area contributed by atoms with E-state index in [1.54, 1.807) is 0 Å². The normalized spacial score (nSPS) is 13.4. The summed E-state index contributed by atoms with van der Waals surface area (Å²) in [5.41, 5.74) is 0. The molecule has 63 heavy (non-hydrogen) atoms. The monoisotopic (exact) mass is 867 g/mol. The molecule has 0 spiro atoms. The summed E-state index contributed by atoms with van der Waals surface area (Å²) in [6.07, 6.45) is 71.2. The number of unbranched alkanes of at least 4 members (excludes halogenated alkanes) is 10. The van der Waals surface area contributed by atoms with Crippen LogP contribution in [0.15, 0.2) is 146 Å². The predicted molar refractivity (Wildman–Crippen MR) is 269 cm³/mol. The van der Waals surface area contributed by atoms with Gasteiger partial charge in [-0.25, -0.2) is 0 Å². The van der Waals surface area contributed by atoms with Crippen LogP contribution in [-0.4, -0.2) is 37.2 Å². The summed E-state index contributed by atoms with van der Waals surface area (Å²) in [6, 6.07) is 0. The molecular weight excluding hydrogens is 781 g/mol. The third kappa shape index (κ3) is 48.2. The minimum atomic E-state index is -0.832. The van der Waals surface area contributed by atoms with Gasteiger partial charge in [-0.3, -0.25) is 14.4 Å². The maximum Gasteiger partial charge on any atom is 0.306 e. The van der Waals surface area contributed by atoms with Crippen LogP contribution in [-0.2, 0) is 28.6 Å². The molecule has 0 radical (unpaired) electrons. The van der Waals surface area contributed by atoms with Gasteiger partial charge in [-0.05, 0) is 103 Å². The molecule has 0 aliphatic carbocycles. The van der Waals surface area contributed by atoms with Gasteiger partial charge in [-0.2, -0.15) is 0 Å². The van der Waals surface area contributed by atoms with Crippen molar-refractivity contribution in [3.63, 3.8) is 0 Å². The van der Waals surface area contributed by atoms with E-state index >= 15 is 0 Å². The molecule has 0 aromatic heterocycles. The van der Waals surface area contributed by atoms with Crippen LogP contribution in [0.1, 0.15) is 175 Å². The second-order valence-corrected chi connectivity index (χ2v) is 15.3. The molecule has 0 heterocycles. The largest absolute Gasteiger partial charge is 0.462 e. The van der Waals surface area contributed by atoms with Gasteiger partial charge in [-0.15, -0.1) is 0 Å². The first kappa shape index (κ1) is 58.3. The number of carbonyl (C=O) groups excluding carboxylic acids is 3. The van der Waals surface area contributed by atoms with Crippen LogP contribution in [0.4, 0.5) is 0 Å². The number of hydrogen-bond acceptors (Lipinski definition) is 6. The van der Waals surface area contributed by atoms with E-state index in [4.69, 9.17) is 14.2 Å². The SMILES string of the molecule is CC\C=C/C=C\C=C/C=C\C=C/CCCCCC(=O)OC(COC(=O)CCC/C=C\C/C=C\C/C=C\CC)COC(=O)CCCCCCCC/C=C\C/C=C\C/C=C\C/C=C\CC. The summed E-state index contributed by atoms with van der Waals surface area (Å²) < 4.78 is 16.7. The average molecular weight is 867 g/mol. The van der Waals surface area contributed by atoms with E-state index in [0.29, 0.717) is 19.3 Å². The molecule has 6 nitrogen and oxygen atoms in total. The molecule has 0 rings (SSSR count). The quantitative estimate of drug-likeness (QED) is 0.0200. The lowest BCUT2D eigenvalue weighted by molar-refractivity contribution is -0.167. The third-order valence-corrected chi connectivity index (χ3v) is 9.45. The molecule has 0 aromatic rings. The van der Waals surface area contributed by atoms with E-state index in [-0.39, 0.29) is 44.0 Å². The summed E-state index contributed by atoms with van der Waals surface area (Å²) in [5, 5.41) is 0. The Morgan fingerprint density at radius 2 is 0.667 bits per heavy atom. The molecule has 6 heteroatoms. The van der Waals surface area contributed by atoms with Crippen molar-refractivity contribution in [3.8, 4) is 0 Å². The zero-order valence-corrected chi connectivity index (χ0v) is 39.8. The average Bonchev–Trinajstić information content (AvgIpc) is 3.28. The van der Waals surface area contributed by atoms with Gasteiger partial charge in [0.1, 0.15) is 13.2 Å². The molecule has 0 amide bonds. The standard InChI is InChI=1S/C57H86O6/c1-4-7-10-13-16-19-22-24-26-27-28-29-31-32-35-38-41-44-47-50-56(59)62-53-54(52-61-55(58)49-46-43-40-37-34-21-18-15-12-9-6-3)63-57(60)51-48-45-42-39-36-33-30-25-23-20-17-14-11-8-5-2/h7-12,14,16-21,23-26,28-30,33,36-37,40,54H,4-6,13,15,22,27,31-32,34-35,38-39,41-53H2,1-3H3/b10-7-,11-8-,12-9-,17-14-,19-16-,21-18-,23-20-,26-24-,29-28-,30-25-,36-33-,40-37-. The minimum absolute atomic E-state index is 0.126. The van der Waals surface area contributed by atoms with Crippen molar-refractivity contribution < 1.29 is 28.6 Å². The highest BCUT2D eigenvalue weighted by atomic mass is 16.6. The van der Waals surface area contributed by atoms with Crippen LogP contribution >= 0.6 is 0 Å². The molecule has 0 aliphatic rings. The number of allylic oxidation sites excluding steroid dienone is 24. The molecule has 0 bridgehead atoms. The highest BCUT2D eigenvalue weighted by Crippen LogP contribution is 2.12. The van der Waals surface area contributed by atoms with Gasteiger partial charge in [0, 0.05) is 19.3 Å². The first-order chi connectivity index (χ1) is 31.0. The summed E-state index contributed by atoms with van der Waals surface area (Å²) in [4.78, 5) is 37.9. The summed E-state index contributed by atoms with van der Waals surface area (Å²) in [5.74, 6) is -1.05. The molecular formula is C57H86O6. The smallest absolute Gasteiger partial charge is 0.306 e. The Bertz CT molecular complexity index is 1460. The fourth-order valence-corrected chi connectivity index (χ4v) is 5.89. The van der Waals surface area contributed by atoms with Crippen LogP contribution in [0, 0.1) is 0 Å². The first-order valence-electron chi connectivity index (χ1n) is 24.4. The van der Waals surface area contributed by atoms with E-state index in [1.165, 1.54) is 12.8 Å². The second-order valence-electron chi connectivity index (χ2n) is 15.3. The van der Waals surface area contributed by atoms with Crippen LogP contribution in [0.5, 0.6) is 0 Å². The molecule has 0 N–H and O–H groups in total. The van der Waals surface area contributed by atoms with Gasteiger partial charge in [0.15, 0.2) is 6.10 Å². The van der Waals surface area contributed by atoms with Crippen molar-refractivity contribution in [1.82, 2.24) is 0 Å². The fourth-order valence-electron chi connectivity index (χ4n) is 5.89. The minimum Gasteiger partial charge on any atom is -0.462 e. The molecule has 350 valence electrons. The van der Waals surface area contributed by atoms with Gasteiger partial charge in [0.05, 0.1) is 0 Å². The van der Waals surface area contributed by atoms with Gasteiger partial charge in [0.2, 0.25) is 0 Å². The molecule has 0 aromatic carbocycles. The van der Waals surface area contributed by atoms with Gasteiger partial charge < -0.3 is 14.2 Å². The highest BCUT2D eigenvalue weighted by Gasteiger charge is 2.19. The van der Waals surface area contributed by atoms with Crippen molar-refractivity contribution in [2.24, 2.45) is 0 Å². The van der Waals surface area contributed by atoms with Gasteiger partial charge in [-0.1, -0.05) is 199 Å². The predicted octanol–water partition coefficient (Wildman–Crippen LogP) is 16.1. The van der Waals surface area contributed by atoms with E-state index < -0.39 is 6.10 Å². The van der Waals surface area contributed by atoms with Crippen molar-refractivity contribution in [2.45, 2.75) is 181 Å². The Kier molecular flexibility index (Phi) is 46.2. The molecule has 1 unspecified atom stereocenters. The molecule has 1 atom stereocenters. The maximum atomic E-state index is 12.8. The Morgan fingerprint density at radius 3 is 1.16 bits per heavy atom. The topological polar surface area (TPSA) is 78.9 Å². The van der Waals surface area contributed by atoms with Crippen molar-refractivity contribution in [3.05, 3.63) is 146 Å². The lowest BCUT2D eigenvalue weighted by Gasteiger charge is -2.18. The molecule has 0 aliphatic heterocycles. The Hall–Kier alpha value is -4.71. The van der Waals surface area contributed by atoms with Crippen LogP contribution in [0.25, 0.3) is 0 Å². The lowest BCUT2D eigenvalue weighted by atomic mass is 10.1. The van der Waals surface area contributed by atoms with Crippen LogP contribution < -0.4 is 0 Å². The van der Waals surface area contributed by atoms with E-state index in [2.05, 4.69) is 118 Å². The number of esters is 3. The fraction of sp³-hybridized carbons (Fsp3) is 0.526. The summed E-state index contributed by atoms with van der Waals surface area (Å²) in [7, 11) is 0. The maximum absolute atomic E-state index is 12.8. The van der Waals surface area contributed by atoms with E-state index in [9.17, 15) is 14.4 Å². The van der Waals surface area contributed by atoms with Gasteiger partial charge in [0.25, 0.3) is 0 Å². The van der Waals surface area contributed by atoms with Crippen LogP contribution in [0.2, 0.25) is 0 Å². The first-order valence-corrected chi connectivity index (χ1v) is 24.4. The number of ether oxygens (including phenoxy) is 3. The van der Waals surface area contributed by atoms with E-state index in [1.807, 2.05) is 48.6 Å². The number of carbonyl (C=O) groups is 3. The van der Waals surface area contributed by atoms with Crippen molar-refractivity contribution in [2.75, 3.05) is 13.2 Å².